The van der Waals surface area contributed by atoms with E-state index in [0.717, 1.165) is 0 Å². The quantitative estimate of drug-likeness (QED) is 0.513. The van der Waals surface area contributed by atoms with Crippen molar-refractivity contribution in [2.24, 2.45) is 0 Å². The smallest absolute Gasteiger partial charge is 0.341 e. The Hall–Kier alpha value is -3.36. The molecule has 0 aliphatic heterocycles. The molecule has 9 heteroatoms. The Bertz CT molecular complexity index is 1180. The number of anilines is 2. The molecule has 0 spiro atoms. The van der Waals surface area contributed by atoms with E-state index in [-0.39, 0.29) is 16.1 Å². The first-order chi connectivity index (χ1) is 14.8. The van der Waals surface area contributed by atoms with Gasteiger partial charge in [0, 0.05) is 10.7 Å². The molecule has 3 rings (SSSR count). The minimum absolute atomic E-state index is 0.0179. The molecule has 2 N–H and O–H groups in total. The summed E-state index contributed by atoms with van der Waals surface area (Å²) in [4.78, 5) is 24.9. The SMILES string of the molecule is CC(OC(=O)c1ccccc1NS(=O)(=O)c1ccc(Cl)cc1)C(=O)Nc1ccccc1. The molecule has 0 radical (unpaired) electrons. The van der Waals surface area contributed by atoms with E-state index in [1.165, 1.54) is 43.3 Å². The third-order valence-electron chi connectivity index (χ3n) is 4.21. The lowest BCUT2D eigenvalue weighted by atomic mass is 10.2. The van der Waals surface area contributed by atoms with E-state index in [1.807, 2.05) is 0 Å². The van der Waals surface area contributed by atoms with Gasteiger partial charge in [-0.15, -0.1) is 0 Å². The summed E-state index contributed by atoms with van der Waals surface area (Å²) >= 11 is 5.80. The molecule has 7 nitrogen and oxygen atoms in total. The number of nitrogens with one attached hydrogen (secondary N) is 2. The van der Waals surface area contributed by atoms with Gasteiger partial charge in [-0.3, -0.25) is 9.52 Å². The number of halogens is 1. The molecule has 1 amide bonds. The predicted octanol–water partition coefficient (Wildman–Crippen LogP) is 4.32. The van der Waals surface area contributed by atoms with Crippen LogP contribution in [0, 0.1) is 0 Å². The van der Waals surface area contributed by atoms with Crippen LogP contribution in [-0.2, 0) is 19.6 Å². The first-order valence-electron chi connectivity index (χ1n) is 9.20. The normalized spacial score (nSPS) is 11.9. The van der Waals surface area contributed by atoms with Crippen LogP contribution in [-0.4, -0.2) is 26.4 Å². The van der Waals surface area contributed by atoms with Gasteiger partial charge in [-0.05, 0) is 55.5 Å². The molecular formula is C22H19ClN2O5S. The standard InChI is InChI=1S/C22H19ClN2O5S/c1-15(21(26)24-17-7-3-2-4-8-17)30-22(27)19-9-5-6-10-20(19)25-31(28,29)18-13-11-16(23)12-14-18/h2-15,25H,1H3,(H,24,26). The summed E-state index contributed by atoms with van der Waals surface area (Å²) in [6.45, 7) is 1.43. The van der Waals surface area contributed by atoms with Crippen LogP contribution in [0.3, 0.4) is 0 Å². The average molecular weight is 459 g/mol. The highest BCUT2D eigenvalue weighted by molar-refractivity contribution is 7.92. The number of amides is 1. The van der Waals surface area contributed by atoms with Crippen LogP contribution in [0.25, 0.3) is 0 Å². The van der Waals surface area contributed by atoms with Gasteiger partial charge in [0.15, 0.2) is 6.10 Å². The van der Waals surface area contributed by atoms with Crippen molar-refractivity contribution < 1.29 is 22.7 Å². The maximum atomic E-state index is 12.7. The molecule has 0 saturated carbocycles. The number of rotatable bonds is 7. The maximum absolute atomic E-state index is 12.7. The third-order valence-corrected chi connectivity index (χ3v) is 5.84. The Labute approximate surface area is 185 Å². The Morgan fingerprint density at radius 2 is 1.52 bits per heavy atom. The summed E-state index contributed by atoms with van der Waals surface area (Å²) in [7, 11) is -3.97. The number of hydrogen-bond acceptors (Lipinski definition) is 5. The highest BCUT2D eigenvalue weighted by atomic mass is 35.5. The molecule has 1 atom stereocenters. The second-order valence-electron chi connectivity index (χ2n) is 6.51. The Kier molecular flexibility index (Phi) is 6.94. The lowest BCUT2D eigenvalue weighted by Gasteiger charge is -2.16. The van der Waals surface area contributed by atoms with Crippen LogP contribution < -0.4 is 10.0 Å². The summed E-state index contributed by atoms with van der Waals surface area (Å²) in [5.74, 6) is -1.36. The molecule has 3 aromatic rings. The number of hydrogen-bond donors (Lipinski definition) is 2. The summed E-state index contributed by atoms with van der Waals surface area (Å²) in [5.41, 5.74) is 0.559. The van der Waals surface area contributed by atoms with Crippen molar-refractivity contribution >= 4 is 44.9 Å². The molecule has 0 saturated heterocycles. The minimum atomic E-state index is -3.97. The number of benzene rings is 3. The monoisotopic (exact) mass is 458 g/mol. The number of carbonyl (C=O) groups is 2. The van der Waals surface area contributed by atoms with Gasteiger partial charge in [0.2, 0.25) is 0 Å². The van der Waals surface area contributed by atoms with Gasteiger partial charge in [0.1, 0.15) is 0 Å². The third kappa shape index (κ3) is 5.84. The van der Waals surface area contributed by atoms with Crippen molar-refractivity contribution in [1.29, 1.82) is 0 Å². The Morgan fingerprint density at radius 3 is 2.19 bits per heavy atom. The van der Waals surface area contributed by atoms with E-state index in [9.17, 15) is 18.0 Å². The first kappa shape index (κ1) is 22.3. The van der Waals surface area contributed by atoms with E-state index < -0.39 is 28.0 Å². The second kappa shape index (κ2) is 9.63. The lowest BCUT2D eigenvalue weighted by Crippen LogP contribution is -2.30. The van der Waals surface area contributed by atoms with Crippen molar-refractivity contribution in [3.8, 4) is 0 Å². The molecule has 160 valence electrons. The van der Waals surface area contributed by atoms with Gasteiger partial charge in [0.05, 0.1) is 16.1 Å². The molecule has 0 heterocycles. The number of para-hydroxylation sites is 2. The molecule has 0 fully saturated rings. The zero-order valence-electron chi connectivity index (χ0n) is 16.4. The number of carbonyl (C=O) groups excluding carboxylic acids is 2. The average Bonchev–Trinajstić information content (AvgIpc) is 2.74. The van der Waals surface area contributed by atoms with Crippen molar-refractivity contribution in [1.82, 2.24) is 0 Å². The first-order valence-corrected chi connectivity index (χ1v) is 11.1. The zero-order chi connectivity index (χ0) is 22.4. The van der Waals surface area contributed by atoms with Crippen LogP contribution in [0.1, 0.15) is 17.3 Å². The van der Waals surface area contributed by atoms with Crippen LogP contribution in [0.15, 0.2) is 83.8 Å². The lowest BCUT2D eigenvalue weighted by molar-refractivity contribution is -0.123. The molecule has 0 aliphatic rings. The maximum Gasteiger partial charge on any atom is 0.341 e. The fraction of sp³-hybridized carbons (Fsp3) is 0.0909. The summed E-state index contributed by atoms with van der Waals surface area (Å²) < 4.78 is 32.9. The second-order valence-corrected chi connectivity index (χ2v) is 8.63. The molecule has 31 heavy (non-hydrogen) atoms. The van der Waals surface area contributed by atoms with E-state index in [4.69, 9.17) is 16.3 Å². The summed E-state index contributed by atoms with van der Waals surface area (Å²) in [6.07, 6.45) is -1.10. The summed E-state index contributed by atoms with van der Waals surface area (Å²) in [6, 6.07) is 20.3. The molecule has 0 bridgehead atoms. The van der Waals surface area contributed by atoms with E-state index in [1.54, 1.807) is 42.5 Å². The topological polar surface area (TPSA) is 102 Å². The minimum Gasteiger partial charge on any atom is -0.449 e. The fourth-order valence-corrected chi connectivity index (χ4v) is 3.82. The molecule has 0 aromatic heterocycles. The predicted molar refractivity (Wildman–Crippen MR) is 119 cm³/mol. The van der Waals surface area contributed by atoms with E-state index >= 15 is 0 Å². The van der Waals surface area contributed by atoms with Gasteiger partial charge in [-0.25, -0.2) is 13.2 Å². The van der Waals surface area contributed by atoms with Crippen LogP contribution in [0.4, 0.5) is 11.4 Å². The Morgan fingerprint density at radius 1 is 0.903 bits per heavy atom. The highest BCUT2D eigenvalue weighted by Gasteiger charge is 2.23. The largest absolute Gasteiger partial charge is 0.449 e. The van der Waals surface area contributed by atoms with Crippen molar-refractivity contribution in [2.45, 2.75) is 17.9 Å². The van der Waals surface area contributed by atoms with Gasteiger partial charge >= 0.3 is 5.97 Å². The number of ether oxygens (including phenoxy) is 1. The molecular weight excluding hydrogens is 440 g/mol. The van der Waals surface area contributed by atoms with Crippen molar-refractivity contribution in [2.75, 3.05) is 10.0 Å². The van der Waals surface area contributed by atoms with Crippen LogP contribution in [0.5, 0.6) is 0 Å². The van der Waals surface area contributed by atoms with Gasteiger partial charge in [-0.1, -0.05) is 41.9 Å². The van der Waals surface area contributed by atoms with Crippen molar-refractivity contribution in [3.05, 3.63) is 89.4 Å². The highest BCUT2D eigenvalue weighted by Crippen LogP contribution is 2.22. The number of sulfonamides is 1. The number of esters is 1. The van der Waals surface area contributed by atoms with Gasteiger partial charge in [-0.2, -0.15) is 0 Å². The van der Waals surface area contributed by atoms with Gasteiger partial charge in [0.25, 0.3) is 15.9 Å². The van der Waals surface area contributed by atoms with E-state index in [2.05, 4.69) is 10.0 Å². The fourth-order valence-electron chi connectivity index (χ4n) is 2.61. The van der Waals surface area contributed by atoms with Crippen LogP contribution in [0.2, 0.25) is 5.02 Å². The zero-order valence-corrected chi connectivity index (χ0v) is 18.0. The van der Waals surface area contributed by atoms with Gasteiger partial charge < -0.3 is 10.1 Å². The van der Waals surface area contributed by atoms with Crippen molar-refractivity contribution in [3.63, 3.8) is 0 Å². The van der Waals surface area contributed by atoms with E-state index in [0.29, 0.717) is 10.7 Å². The summed E-state index contributed by atoms with van der Waals surface area (Å²) in [5, 5.41) is 3.03. The molecule has 3 aromatic carbocycles. The molecule has 0 aliphatic carbocycles. The van der Waals surface area contributed by atoms with Crippen LogP contribution >= 0.6 is 11.6 Å². The Balaban J connectivity index is 1.74. The molecule has 1 unspecified atom stereocenters.